The molecule has 0 aliphatic carbocycles. The smallest absolute Gasteiger partial charge is 0.305 e. The van der Waals surface area contributed by atoms with Gasteiger partial charge in [-0.05, 0) is 44.7 Å². The average molecular weight is 362 g/mol. The Labute approximate surface area is 152 Å². The Balaban J connectivity index is 1.84. The van der Waals surface area contributed by atoms with E-state index in [4.69, 9.17) is 10.8 Å². The second-order valence-electron chi connectivity index (χ2n) is 6.76. The van der Waals surface area contributed by atoms with Gasteiger partial charge in [0.15, 0.2) is 0 Å². The van der Waals surface area contributed by atoms with E-state index < -0.39 is 12.0 Å². The molecule has 1 saturated heterocycles. The fourth-order valence-electron chi connectivity index (χ4n) is 3.21. The summed E-state index contributed by atoms with van der Waals surface area (Å²) in [7, 11) is 0. The Morgan fingerprint density at radius 1 is 1.46 bits per heavy atom. The van der Waals surface area contributed by atoms with Crippen molar-refractivity contribution in [2.45, 2.75) is 45.1 Å². The Morgan fingerprint density at radius 3 is 2.92 bits per heavy atom. The number of pyridine rings is 1. The number of carbonyl (C=O) groups excluding carboxylic acids is 2. The molecule has 2 atom stereocenters. The van der Waals surface area contributed by atoms with Crippen LogP contribution in [0.25, 0.3) is 0 Å². The number of carboxylic acid groups (broad SMARTS) is 1. The van der Waals surface area contributed by atoms with Crippen molar-refractivity contribution < 1.29 is 19.5 Å². The normalized spacial score (nSPS) is 18.4. The van der Waals surface area contributed by atoms with Crippen molar-refractivity contribution in [3.8, 4) is 0 Å². The molecule has 1 aromatic rings. The predicted octanol–water partition coefficient (Wildman–Crippen LogP) is 0.814. The van der Waals surface area contributed by atoms with Crippen molar-refractivity contribution in [1.82, 2.24) is 15.2 Å². The number of carboxylic acids is 1. The van der Waals surface area contributed by atoms with Crippen LogP contribution in [0.5, 0.6) is 0 Å². The highest BCUT2D eigenvalue weighted by Crippen LogP contribution is 2.22. The molecule has 0 bridgehead atoms. The average Bonchev–Trinajstić information content (AvgIpc) is 2.54. The predicted molar refractivity (Wildman–Crippen MR) is 96.1 cm³/mol. The van der Waals surface area contributed by atoms with E-state index in [1.807, 2.05) is 12.1 Å². The lowest BCUT2D eigenvalue weighted by molar-refractivity contribution is -0.143. The lowest BCUT2D eigenvalue weighted by atomic mass is 9.91. The highest BCUT2D eigenvalue weighted by Gasteiger charge is 2.29. The van der Waals surface area contributed by atoms with Crippen molar-refractivity contribution >= 4 is 23.6 Å². The Morgan fingerprint density at radius 2 is 2.23 bits per heavy atom. The number of hydrogen-bond donors (Lipinski definition) is 3. The van der Waals surface area contributed by atoms with E-state index in [1.54, 1.807) is 17.9 Å². The first-order valence-electron chi connectivity index (χ1n) is 8.86. The lowest BCUT2D eigenvalue weighted by Gasteiger charge is -2.32. The maximum absolute atomic E-state index is 12.6. The molecule has 2 heterocycles. The van der Waals surface area contributed by atoms with Gasteiger partial charge in [0.25, 0.3) is 0 Å². The van der Waals surface area contributed by atoms with Crippen LogP contribution in [0.1, 0.15) is 38.3 Å². The summed E-state index contributed by atoms with van der Waals surface area (Å²) in [6, 6.07) is 4.99. The Hall–Kier alpha value is -2.64. The summed E-state index contributed by atoms with van der Waals surface area (Å²) in [5, 5.41) is 11.4. The van der Waals surface area contributed by atoms with Crippen LogP contribution >= 0.6 is 0 Å². The summed E-state index contributed by atoms with van der Waals surface area (Å²) in [6.07, 6.45) is 2.84. The third-order valence-corrected chi connectivity index (χ3v) is 4.44. The second kappa shape index (κ2) is 9.17. The summed E-state index contributed by atoms with van der Waals surface area (Å²) >= 11 is 0. The summed E-state index contributed by atoms with van der Waals surface area (Å²) in [5.41, 5.74) is 6.53. The molecule has 1 aromatic heterocycles. The van der Waals surface area contributed by atoms with Crippen molar-refractivity contribution in [3.05, 3.63) is 23.9 Å². The molecule has 1 aliphatic rings. The summed E-state index contributed by atoms with van der Waals surface area (Å²) in [4.78, 5) is 41.1. The van der Waals surface area contributed by atoms with Crippen LogP contribution in [0.3, 0.4) is 0 Å². The third kappa shape index (κ3) is 6.02. The molecule has 1 aliphatic heterocycles. The first-order chi connectivity index (χ1) is 12.3. The second-order valence-corrected chi connectivity index (χ2v) is 6.76. The number of rotatable bonds is 8. The summed E-state index contributed by atoms with van der Waals surface area (Å²) in [6.45, 7) is 2.15. The standard InChI is InChI=1S/C18H26N4O4/c1-12(10-17(24)25)20-16(23)11-22-9-3-4-13(18(22)26)7-8-14-5-2-6-15(19)21-14/h2,5-6,12-13H,3-4,7-11H2,1H3,(H2,19,21)(H,20,23)(H,24,25). The molecule has 0 spiro atoms. The molecule has 0 saturated carbocycles. The van der Waals surface area contributed by atoms with Gasteiger partial charge >= 0.3 is 5.97 Å². The van der Waals surface area contributed by atoms with Crippen LogP contribution in [0, 0.1) is 5.92 Å². The molecule has 4 N–H and O–H groups in total. The zero-order valence-electron chi connectivity index (χ0n) is 15.0. The van der Waals surface area contributed by atoms with Gasteiger partial charge in [0.1, 0.15) is 5.82 Å². The van der Waals surface area contributed by atoms with Crippen LogP contribution < -0.4 is 11.1 Å². The van der Waals surface area contributed by atoms with E-state index in [1.165, 1.54) is 0 Å². The van der Waals surface area contributed by atoms with Gasteiger partial charge in [-0.1, -0.05) is 6.07 Å². The van der Waals surface area contributed by atoms with E-state index in [9.17, 15) is 14.4 Å². The number of anilines is 1. The Kier molecular flexibility index (Phi) is 6.94. The molecule has 2 amide bonds. The van der Waals surface area contributed by atoms with Gasteiger partial charge in [0.05, 0.1) is 13.0 Å². The number of carbonyl (C=O) groups is 3. The van der Waals surface area contributed by atoms with Crippen molar-refractivity contribution in [2.24, 2.45) is 5.92 Å². The van der Waals surface area contributed by atoms with E-state index in [-0.39, 0.29) is 30.7 Å². The van der Waals surface area contributed by atoms with Gasteiger partial charge in [0, 0.05) is 24.2 Å². The molecule has 142 valence electrons. The maximum atomic E-state index is 12.6. The number of aliphatic carboxylic acids is 1. The largest absolute Gasteiger partial charge is 0.481 e. The number of likely N-dealkylation sites (tertiary alicyclic amines) is 1. The SMILES string of the molecule is CC(CC(=O)O)NC(=O)CN1CCCC(CCc2cccc(N)n2)C1=O. The van der Waals surface area contributed by atoms with E-state index in [2.05, 4.69) is 10.3 Å². The molecule has 26 heavy (non-hydrogen) atoms. The topological polar surface area (TPSA) is 126 Å². The number of amides is 2. The fraction of sp³-hybridized carbons (Fsp3) is 0.556. The minimum absolute atomic E-state index is 0.0267. The minimum Gasteiger partial charge on any atom is -0.481 e. The molecule has 8 nitrogen and oxygen atoms in total. The monoisotopic (exact) mass is 362 g/mol. The number of nitrogen functional groups attached to an aromatic ring is 1. The van der Waals surface area contributed by atoms with Gasteiger partial charge in [-0.15, -0.1) is 0 Å². The lowest BCUT2D eigenvalue weighted by Crippen LogP contribution is -2.48. The van der Waals surface area contributed by atoms with E-state index in [0.29, 0.717) is 25.2 Å². The highest BCUT2D eigenvalue weighted by molar-refractivity contribution is 5.86. The van der Waals surface area contributed by atoms with Crippen molar-refractivity contribution in [3.63, 3.8) is 0 Å². The number of aromatic nitrogens is 1. The fourth-order valence-corrected chi connectivity index (χ4v) is 3.21. The molecule has 8 heteroatoms. The zero-order chi connectivity index (χ0) is 19.1. The summed E-state index contributed by atoms with van der Waals surface area (Å²) in [5.74, 6) is -0.990. The van der Waals surface area contributed by atoms with Gasteiger partial charge in [-0.3, -0.25) is 14.4 Å². The molecular weight excluding hydrogens is 336 g/mol. The number of nitrogens with two attached hydrogens (primary N) is 1. The Bertz CT molecular complexity index is 664. The number of nitrogens with one attached hydrogen (secondary N) is 1. The quantitative estimate of drug-likeness (QED) is 0.628. The van der Waals surface area contributed by atoms with Crippen molar-refractivity contribution in [2.75, 3.05) is 18.8 Å². The van der Waals surface area contributed by atoms with E-state index in [0.717, 1.165) is 18.5 Å². The van der Waals surface area contributed by atoms with E-state index >= 15 is 0 Å². The van der Waals surface area contributed by atoms with Crippen LogP contribution in [0.15, 0.2) is 18.2 Å². The zero-order valence-corrected chi connectivity index (χ0v) is 15.0. The van der Waals surface area contributed by atoms with Crippen LogP contribution in [-0.2, 0) is 20.8 Å². The highest BCUT2D eigenvalue weighted by atomic mass is 16.4. The minimum atomic E-state index is -0.970. The van der Waals surface area contributed by atoms with Gasteiger partial charge in [-0.2, -0.15) is 0 Å². The number of piperidine rings is 1. The molecule has 0 radical (unpaired) electrons. The van der Waals surface area contributed by atoms with Gasteiger partial charge < -0.3 is 21.1 Å². The van der Waals surface area contributed by atoms with Gasteiger partial charge in [-0.25, -0.2) is 4.98 Å². The maximum Gasteiger partial charge on any atom is 0.305 e. The number of aryl methyl sites for hydroxylation is 1. The molecule has 1 fully saturated rings. The first kappa shape index (κ1) is 19.7. The molecule has 0 aromatic carbocycles. The van der Waals surface area contributed by atoms with Crippen LogP contribution in [0.4, 0.5) is 5.82 Å². The van der Waals surface area contributed by atoms with Crippen LogP contribution in [0.2, 0.25) is 0 Å². The van der Waals surface area contributed by atoms with Crippen molar-refractivity contribution in [1.29, 1.82) is 0 Å². The summed E-state index contributed by atoms with van der Waals surface area (Å²) < 4.78 is 0. The van der Waals surface area contributed by atoms with Gasteiger partial charge in [0.2, 0.25) is 11.8 Å². The number of hydrogen-bond acceptors (Lipinski definition) is 5. The molecular formula is C18H26N4O4. The molecule has 2 rings (SSSR count). The molecule has 2 unspecified atom stereocenters. The third-order valence-electron chi connectivity index (χ3n) is 4.44. The van der Waals surface area contributed by atoms with Crippen LogP contribution in [-0.4, -0.2) is 51.9 Å². The first-order valence-corrected chi connectivity index (χ1v) is 8.86. The number of nitrogens with zero attached hydrogens (tertiary/aromatic N) is 2.